The van der Waals surface area contributed by atoms with Crippen LogP contribution in [0.3, 0.4) is 0 Å². The van der Waals surface area contributed by atoms with Crippen LogP contribution in [0.5, 0.6) is 11.5 Å². The third kappa shape index (κ3) is 5.94. The highest BCUT2D eigenvalue weighted by molar-refractivity contribution is 5.95. The number of hydrogen-bond donors (Lipinski definition) is 1. The first-order valence-corrected chi connectivity index (χ1v) is 8.76. The summed E-state index contributed by atoms with van der Waals surface area (Å²) in [7, 11) is 0. The molecule has 0 radical (unpaired) electrons. The molecule has 1 N–H and O–H groups in total. The molecule has 0 aliphatic rings. The lowest BCUT2D eigenvalue weighted by atomic mass is 10.2. The molecule has 0 aliphatic heterocycles. The zero-order valence-electron chi connectivity index (χ0n) is 15.6. The van der Waals surface area contributed by atoms with Gasteiger partial charge in [0.05, 0.1) is 18.8 Å². The Labute approximate surface area is 161 Å². The Morgan fingerprint density at radius 2 is 1.75 bits per heavy atom. The second kappa shape index (κ2) is 10.2. The zero-order valence-corrected chi connectivity index (χ0v) is 15.6. The highest BCUT2D eigenvalue weighted by atomic mass is 19.2. The molecule has 0 aromatic heterocycles. The molecule has 8 heteroatoms. The smallest absolute Gasteiger partial charge is 0.338 e. The van der Waals surface area contributed by atoms with E-state index in [9.17, 15) is 18.4 Å². The second-order valence-electron chi connectivity index (χ2n) is 5.70. The van der Waals surface area contributed by atoms with Gasteiger partial charge in [0.25, 0.3) is 5.91 Å². The number of halogens is 2. The van der Waals surface area contributed by atoms with Gasteiger partial charge in [-0.2, -0.15) is 0 Å². The molecule has 6 nitrogen and oxygen atoms in total. The van der Waals surface area contributed by atoms with Crippen molar-refractivity contribution in [2.45, 2.75) is 20.3 Å². The van der Waals surface area contributed by atoms with Crippen LogP contribution in [0.1, 0.15) is 30.6 Å². The summed E-state index contributed by atoms with van der Waals surface area (Å²) in [6.45, 7) is 4.08. The lowest BCUT2D eigenvalue weighted by Crippen LogP contribution is -2.21. The van der Waals surface area contributed by atoms with Crippen LogP contribution in [0, 0.1) is 11.6 Å². The van der Waals surface area contributed by atoms with Crippen LogP contribution in [0.15, 0.2) is 36.4 Å². The quantitative estimate of drug-likeness (QED) is 0.653. The van der Waals surface area contributed by atoms with Gasteiger partial charge in [-0.25, -0.2) is 13.6 Å². The SMILES string of the molecule is CCCOc1ccc(C(=O)OCC(=O)Nc2ccc(F)c(F)c2)cc1OCC. The van der Waals surface area contributed by atoms with Crippen molar-refractivity contribution in [3.63, 3.8) is 0 Å². The minimum absolute atomic E-state index is 0.0519. The number of nitrogens with one attached hydrogen (secondary N) is 1. The van der Waals surface area contributed by atoms with Gasteiger partial charge in [0.2, 0.25) is 0 Å². The minimum atomic E-state index is -1.09. The molecule has 0 spiro atoms. The van der Waals surface area contributed by atoms with E-state index in [1.54, 1.807) is 13.0 Å². The normalized spacial score (nSPS) is 10.3. The number of carbonyl (C=O) groups excluding carboxylic acids is 2. The van der Waals surface area contributed by atoms with Crippen molar-refractivity contribution in [3.8, 4) is 11.5 Å². The van der Waals surface area contributed by atoms with E-state index in [-0.39, 0.29) is 11.3 Å². The van der Waals surface area contributed by atoms with Gasteiger partial charge in [-0.1, -0.05) is 6.92 Å². The van der Waals surface area contributed by atoms with E-state index in [0.717, 1.165) is 18.6 Å². The Hall–Kier alpha value is -3.16. The molecule has 2 aromatic rings. The average molecular weight is 393 g/mol. The van der Waals surface area contributed by atoms with Crippen LogP contribution in [-0.4, -0.2) is 31.7 Å². The standard InChI is InChI=1S/C20H21F2NO5/c1-3-9-27-17-8-5-13(10-18(17)26-4-2)20(25)28-12-19(24)23-14-6-7-15(21)16(22)11-14/h5-8,10-11H,3-4,9,12H2,1-2H3,(H,23,24). The van der Waals surface area contributed by atoms with E-state index >= 15 is 0 Å². The largest absolute Gasteiger partial charge is 0.490 e. The molecule has 0 heterocycles. The minimum Gasteiger partial charge on any atom is -0.490 e. The lowest BCUT2D eigenvalue weighted by molar-refractivity contribution is -0.119. The molecule has 150 valence electrons. The van der Waals surface area contributed by atoms with E-state index in [1.165, 1.54) is 18.2 Å². The van der Waals surface area contributed by atoms with Crippen LogP contribution >= 0.6 is 0 Å². The van der Waals surface area contributed by atoms with Gasteiger partial charge in [-0.05, 0) is 43.7 Å². The molecular weight excluding hydrogens is 372 g/mol. The average Bonchev–Trinajstić information content (AvgIpc) is 2.68. The second-order valence-corrected chi connectivity index (χ2v) is 5.70. The summed E-state index contributed by atoms with van der Waals surface area (Å²) in [6.07, 6.45) is 0.822. The van der Waals surface area contributed by atoms with Gasteiger partial charge in [0.15, 0.2) is 29.7 Å². The van der Waals surface area contributed by atoms with Crippen molar-refractivity contribution in [1.82, 2.24) is 0 Å². The number of benzene rings is 2. The van der Waals surface area contributed by atoms with Crippen molar-refractivity contribution in [2.24, 2.45) is 0 Å². The zero-order chi connectivity index (χ0) is 20.5. The van der Waals surface area contributed by atoms with Gasteiger partial charge in [0.1, 0.15) is 0 Å². The van der Waals surface area contributed by atoms with Crippen molar-refractivity contribution in [3.05, 3.63) is 53.6 Å². The van der Waals surface area contributed by atoms with Crippen LogP contribution in [-0.2, 0) is 9.53 Å². The Morgan fingerprint density at radius 1 is 0.964 bits per heavy atom. The van der Waals surface area contributed by atoms with Crippen molar-refractivity contribution in [1.29, 1.82) is 0 Å². The molecular formula is C20H21F2NO5. The summed E-state index contributed by atoms with van der Waals surface area (Å²) in [6, 6.07) is 7.49. The highest BCUT2D eigenvalue weighted by Crippen LogP contribution is 2.29. The molecule has 0 bridgehead atoms. The third-order valence-electron chi connectivity index (χ3n) is 3.48. The van der Waals surface area contributed by atoms with Crippen molar-refractivity contribution >= 4 is 17.6 Å². The predicted octanol–water partition coefficient (Wildman–Crippen LogP) is 3.95. The number of rotatable bonds is 9. The van der Waals surface area contributed by atoms with Gasteiger partial charge in [0, 0.05) is 11.8 Å². The number of hydrogen-bond acceptors (Lipinski definition) is 5. The maximum absolute atomic E-state index is 13.1. The summed E-state index contributed by atoms with van der Waals surface area (Å²) in [5.74, 6) is -2.63. The Bertz CT molecular complexity index is 841. The summed E-state index contributed by atoms with van der Waals surface area (Å²) < 4.78 is 42.0. The number of esters is 1. The molecule has 28 heavy (non-hydrogen) atoms. The van der Waals surface area contributed by atoms with Gasteiger partial charge in [-0.3, -0.25) is 4.79 Å². The van der Waals surface area contributed by atoms with Crippen molar-refractivity contribution < 1.29 is 32.6 Å². The lowest BCUT2D eigenvalue weighted by Gasteiger charge is -2.13. The van der Waals surface area contributed by atoms with Crippen LogP contribution in [0.4, 0.5) is 14.5 Å². The third-order valence-corrected chi connectivity index (χ3v) is 3.48. The first kappa shape index (κ1) is 21.1. The molecule has 0 saturated carbocycles. The van der Waals surface area contributed by atoms with Gasteiger partial charge >= 0.3 is 5.97 Å². The Balaban J connectivity index is 1.96. The van der Waals surface area contributed by atoms with E-state index in [0.29, 0.717) is 24.7 Å². The van der Waals surface area contributed by atoms with Crippen LogP contribution in [0.25, 0.3) is 0 Å². The molecule has 2 aromatic carbocycles. The highest BCUT2D eigenvalue weighted by Gasteiger charge is 2.15. The van der Waals surface area contributed by atoms with Crippen LogP contribution in [0.2, 0.25) is 0 Å². The summed E-state index contributed by atoms with van der Waals surface area (Å²) in [5.41, 5.74) is 0.240. The fourth-order valence-corrected chi connectivity index (χ4v) is 2.22. The monoisotopic (exact) mass is 393 g/mol. The fourth-order valence-electron chi connectivity index (χ4n) is 2.22. The summed E-state index contributed by atoms with van der Waals surface area (Å²) >= 11 is 0. The van der Waals surface area contributed by atoms with E-state index in [4.69, 9.17) is 14.2 Å². The van der Waals surface area contributed by atoms with E-state index in [1.807, 2.05) is 6.92 Å². The molecule has 0 aliphatic carbocycles. The number of carbonyl (C=O) groups is 2. The molecule has 0 unspecified atom stereocenters. The van der Waals surface area contributed by atoms with Crippen molar-refractivity contribution in [2.75, 3.05) is 25.1 Å². The molecule has 0 fully saturated rings. The first-order chi connectivity index (χ1) is 13.4. The molecule has 0 atom stereocenters. The predicted molar refractivity (Wildman–Crippen MR) is 98.7 cm³/mol. The van der Waals surface area contributed by atoms with Crippen LogP contribution < -0.4 is 14.8 Å². The fraction of sp³-hybridized carbons (Fsp3) is 0.300. The maximum atomic E-state index is 13.1. The molecule has 2 rings (SSSR count). The maximum Gasteiger partial charge on any atom is 0.338 e. The van der Waals surface area contributed by atoms with E-state index < -0.39 is 30.1 Å². The molecule has 1 amide bonds. The molecule has 0 saturated heterocycles. The number of amides is 1. The van der Waals surface area contributed by atoms with Gasteiger partial charge < -0.3 is 19.5 Å². The van der Waals surface area contributed by atoms with Gasteiger partial charge in [-0.15, -0.1) is 0 Å². The van der Waals surface area contributed by atoms with E-state index in [2.05, 4.69) is 5.32 Å². The Morgan fingerprint density at radius 3 is 2.43 bits per heavy atom. The Kier molecular flexibility index (Phi) is 7.74. The number of ether oxygens (including phenoxy) is 3. The topological polar surface area (TPSA) is 73.9 Å². The summed E-state index contributed by atoms with van der Waals surface area (Å²) in [5, 5.41) is 2.31. The first-order valence-electron chi connectivity index (χ1n) is 8.76. The summed E-state index contributed by atoms with van der Waals surface area (Å²) in [4.78, 5) is 24.0. The number of anilines is 1.